The minimum absolute atomic E-state index is 0.146. The minimum atomic E-state index is -5.08. The van der Waals surface area contributed by atoms with Crippen molar-refractivity contribution < 1.29 is 50.9 Å². The molecule has 0 radical (unpaired) electrons. The van der Waals surface area contributed by atoms with E-state index in [0.29, 0.717) is 12.5 Å². The molecule has 1 spiro atoms. The highest BCUT2D eigenvalue weighted by Gasteiger charge is 2.55. The number of rotatable bonds is 5. The molecule has 5 rings (SSSR count). The molecule has 2 atom stereocenters. The first-order valence-electron chi connectivity index (χ1n) is 13.6. The number of aromatic nitrogens is 3. The smallest absolute Gasteiger partial charge is 0.475 e. The van der Waals surface area contributed by atoms with E-state index >= 15 is 0 Å². The highest BCUT2D eigenvalue weighted by atomic mass is 19.4. The van der Waals surface area contributed by atoms with Gasteiger partial charge in [-0.05, 0) is 42.2 Å². The van der Waals surface area contributed by atoms with Crippen LogP contribution in [0.2, 0.25) is 0 Å². The van der Waals surface area contributed by atoms with Crippen molar-refractivity contribution in [2.45, 2.75) is 44.2 Å². The standard InChI is InChI=1S/C25H29N5O.2C2HF3O2/c1-28-23(10-14-27-28)22-18-29(16-21-8-12-26-13-9-21)19-25(22)11-5-15-30(24(25)31)17-20-6-3-2-4-7-20;2*3-2(4,5)1(6)7/h2-4,6-10,12-14,22H,5,11,15-19H2,1H3;2*(H,6,7)/t22-,25+;;/m0../s1. The molecule has 0 aliphatic carbocycles. The highest BCUT2D eigenvalue weighted by Crippen LogP contribution is 2.49. The van der Waals surface area contributed by atoms with Crippen LogP contribution in [-0.2, 0) is 34.5 Å². The van der Waals surface area contributed by atoms with E-state index in [2.05, 4.69) is 50.2 Å². The second kappa shape index (κ2) is 14.5. The van der Waals surface area contributed by atoms with Crippen LogP contribution < -0.4 is 0 Å². The van der Waals surface area contributed by atoms with Crippen molar-refractivity contribution in [2.24, 2.45) is 12.5 Å². The number of likely N-dealkylation sites (tertiary alicyclic amines) is 2. The summed E-state index contributed by atoms with van der Waals surface area (Å²) in [6.45, 7) is 4.01. The molecule has 2 saturated heterocycles. The molecule has 10 nitrogen and oxygen atoms in total. The first-order chi connectivity index (χ1) is 21.0. The third kappa shape index (κ3) is 9.26. The summed E-state index contributed by atoms with van der Waals surface area (Å²) in [4.78, 5) is 40.5. The van der Waals surface area contributed by atoms with Gasteiger partial charge in [-0.1, -0.05) is 30.3 Å². The lowest BCUT2D eigenvalue weighted by atomic mass is 9.70. The van der Waals surface area contributed by atoms with Crippen LogP contribution in [-0.4, -0.2) is 84.6 Å². The van der Waals surface area contributed by atoms with E-state index in [1.807, 2.05) is 48.5 Å². The van der Waals surface area contributed by atoms with Gasteiger partial charge in [-0.15, -0.1) is 0 Å². The zero-order chi connectivity index (χ0) is 33.4. The molecule has 0 unspecified atom stereocenters. The van der Waals surface area contributed by atoms with Crippen molar-refractivity contribution in [1.29, 1.82) is 0 Å². The molecule has 244 valence electrons. The number of hydrogen-bond acceptors (Lipinski definition) is 6. The Morgan fingerprint density at radius 2 is 1.44 bits per heavy atom. The molecule has 2 aliphatic rings. The van der Waals surface area contributed by atoms with E-state index in [4.69, 9.17) is 19.8 Å². The Hall–Kier alpha value is -4.47. The molecule has 45 heavy (non-hydrogen) atoms. The third-order valence-electron chi connectivity index (χ3n) is 7.45. The van der Waals surface area contributed by atoms with Crippen molar-refractivity contribution in [2.75, 3.05) is 19.6 Å². The molecule has 1 amide bonds. The highest BCUT2D eigenvalue weighted by molar-refractivity contribution is 5.85. The summed E-state index contributed by atoms with van der Waals surface area (Å²) in [6, 6.07) is 16.5. The van der Waals surface area contributed by atoms with Gasteiger partial charge >= 0.3 is 24.3 Å². The SMILES string of the molecule is Cn1nccc1[C@@H]1CN(Cc2ccncc2)C[C@]12CCCN(Cc1ccccc1)C2=O.O=C(O)C(F)(F)F.O=C(O)C(F)(F)F. The predicted octanol–water partition coefficient (Wildman–Crippen LogP) is 4.49. The van der Waals surface area contributed by atoms with E-state index in [-0.39, 0.29) is 5.92 Å². The molecular weight excluding hydrogens is 612 g/mol. The van der Waals surface area contributed by atoms with Crippen LogP contribution in [0.5, 0.6) is 0 Å². The van der Waals surface area contributed by atoms with Crippen LogP contribution in [0.3, 0.4) is 0 Å². The number of aryl methyl sites for hydroxylation is 1. The lowest BCUT2D eigenvalue weighted by Crippen LogP contribution is -2.52. The summed E-state index contributed by atoms with van der Waals surface area (Å²) >= 11 is 0. The van der Waals surface area contributed by atoms with E-state index in [1.54, 1.807) is 0 Å². The number of alkyl halides is 6. The van der Waals surface area contributed by atoms with Crippen LogP contribution in [0.1, 0.15) is 35.6 Å². The van der Waals surface area contributed by atoms with Crippen molar-refractivity contribution in [3.63, 3.8) is 0 Å². The van der Waals surface area contributed by atoms with Crippen molar-refractivity contribution in [1.82, 2.24) is 24.6 Å². The maximum atomic E-state index is 14.0. The van der Waals surface area contributed by atoms with Gasteiger partial charge in [0.2, 0.25) is 5.91 Å². The molecule has 2 fully saturated rings. The molecule has 16 heteroatoms. The van der Waals surface area contributed by atoms with Gasteiger partial charge in [-0.25, -0.2) is 9.59 Å². The normalized spacial score (nSPS) is 20.2. The molecule has 2 aromatic heterocycles. The van der Waals surface area contributed by atoms with Gasteiger partial charge in [-0.2, -0.15) is 31.4 Å². The van der Waals surface area contributed by atoms with Crippen LogP contribution in [0.15, 0.2) is 67.1 Å². The summed E-state index contributed by atoms with van der Waals surface area (Å²) in [7, 11) is 1.99. The number of piperidine rings is 1. The molecule has 1 aromatic carbocycles. The fraction of sp³-hybridized carbons (Fsp3) is 0.414. The maximum absolute atomic E-state index is 14.0. The monoisotopic (exact) mass is 643 g/mol. The largest absolute Gasteiger partial charge is 0.490 e. The number of hydrogen-bond donors (Lipinski definition) is 2. The number of pyridine rings is 1. The molecule has 0 bridgehead atoms. The number of carbonyl (C=O) groups excluding carboxylic acids is 1. The Morgan fingerprint density at radius 1 is 0.889 bits per heavy atom. The van der Waals surface area contributed by atoms with E-state index < -0.39 is 29.7 Å². The van der Waals surface area contributed by atoms with E-state index in [0.717, 1.165) is 44.7 Å². The summed E-state index contributed by atoms with van der Waals surface area (Å²) in [6.07, 6.45) is -2.67. The van der Waals surface area contributed by atoms with Crippen LogP contribution >= 0.6 is 0 Å². The number of benzene rings is 1. The number of carboxylic acids is 2. The number of amides is 1. The summed E-state index contributed by atoms with van der Waals surface area (Å²) in [5.41, 5.74) is 3.19. The molecular formula is C29H31F6N5O5. The number of carbonyl (C=O) groups is 3. The lowest BCUT2D eigenvalue weighted by Gasteiger charge is -2.42. The predicted molar refractivity (Wildman–Crippen MR) is 146 cm³/mol. The summed E-state index contributed by atoms with van der Waals surface area (Å²) < 4.78 is 65.4. The van der Waals surface area contributed by atoms with Gasteiger partial charge in [0.05, 0.1) is 5.41 Å². The van der Waals surface area contributed by atoms with Crippen LogP contribution in [0.4, 0.5) is 26.3 Å². The van der Waals surface area contributed by atoms with Gasteiger partial charge in [0.15, 0.2) is 0 Å². The fourth-order valence-corrected chi connectivity index (χ4v) is 5.51. The van der Waals surface area contributed by atoms with Gasteiger partial charge in [0.25, 0.3) is 0 Å². The summed E-state index contributed by atoms with van der Waals surface area (Å²) in [5.74, 6) is -5.07. The zero-order valence-corrected chi connectivity index (χ0v) is 24.0. The van der Waals surface area contributed by atoms with Gasteiger partial charge < -0.3 is 15.1 Å². The Bertz CT molecular complexity index is 1410. The van der Waals surface area contributed by atoms with Gasteiger partial charge in [-0.3, -0.25) is 19.4 Å². The minimum Gasteiger partial charge on any atom is -0.475 e. The van der Waals surface area contributed by atoms with Crippen molar-refractivity contribution >= 4 is 17.8 Å². The lowest BCUT2D eigenvalue weighted by molar-refractivity contribution is -0.193. The molecule has 2 N–H and O–H groups in total. The summed E-state index contributed by atoms with van der Waals surface area (Å²) in [5, 5.41) is 18.7. The molecule has 2 aliphatic heterocycles. The third-order valence-corrected chi connectivity index (χ3v) is 7.45. The van der Waals surface area contributed by atoms with Crippen molar-refractivity contribution in [3.8, 4) is 0 Å². The van der Waals surface area contributed by atoms with Gasteiger partial charge in [0.1, 0.15) is 0 Å². The Kier molecular flexibility index (Phi) is 11.3. The zero-order valence-electron chi connectivity index (χ0n) is 24.0. The van der Waals surface area contributed by atoms with Crippen LogP contribution in [0, 0.1) is 5.41 Å². The number of aliphatic carboxylic acids is 2. The second-order valence-electron chi connectivity index (χ2n) is 10.5. The fourth-order valence-electron chi connectivity index (χ4n) is 5.51. The molecule has 0 saturated carbocycles. The van der Waals surface area contributed by atoms with Gasteiger partial charge in [0, 0.05) is 70.0 Å². The first kappa shape index (κ1) is 35.0. The Morgan fingerprint density at radius 3 is 1.96 bits per heavy atom. The van der Waals surface area contributed by atoms with Crippen LogP contribution in [0.25, 0.3) is 0 Å². The second-order valence-corrected chi connectivity index (χ2v) is 10.5. The van der Waals surface area contributed by atoms with Crippen molar-refractivity contribution in [3.05, 3.63) is 83.9 Å². The number of carboxylic acid groups (broad SMARTS) is 2. The topological polar surface area (TPSA) is 129 Å². The Balaban J connectivity index is 0.000000331. The van der Waals surface area contributed by atoms with E-state index in [1.165, 1.54) is 11.1 Å². The first-order valence-corrected chi connectivity index (χ1v) is 13.6. The quantitative estimate of drug-likeness (QED) is 0.390. The number of nitrogens with zero attached hydrogens (tertiary/aromatic N) is 5. The average molecular weight is 644 g/mol. The Labute approximate surface area is 253 Å². The molecule has 3 aromatic rings. The molecule has 4 heterocycles. The maximum Gasteiger partial charge on any atom is 0.490 e. The van der Waals surface area contributed by atoms with E-state index in [9.17, 15) is 31.1 Å². The average Bonchev–Trinajstić information content (AvgIpc) is 3.55. The number of halogens is 6.